The first-order valence-corrected chi connectivity index (χ1v) is 6.45. The fourth-order valence-corrected chi connectivity index (χ4v) is 1.44. The van der Waals surface area contributed by atoms with Crippen molar-refractivity contribution < 1.29 is 14.6 Å². The van der Waals surface area contributed by atoms with Crippen LogP contribution in [0.4, 0.5) is 0 Å². The lowest BCUT2D eigenvalue weighted by Crippen LogP contribution is -2.40. The number of aliphatic hydroxyl groups excluding tert-OH is 1. The second-order valence-electron chi connectivity index (χ2n) is 5.69. The van der Waals surface area contributed by atoms with E-state index in [0.717, 1.165) is 11.3 Å². The van der Waals surface area contributed by atoms with E-state index < -0.39 is 11.5 Å². The molecule has 2 N–H and O–H groups in total. The number of hydrogen-bond donors (Lipinski definition) is 2. The first-order valence-electron chi connectivity index (χ1n) is 6.45. The van der Waals surface area contributed by atoms with Crippen LogP contribution in [0, 0.1) is 12.3 Å². The van der Waals surface area contributed by atoms with Crippen LogP contribution in [0.15, 0.2) is 24.3 Å². The average Bonchev–Trinajstić information content (AvgIpc) is 2.33. The third kappa shape index (κ3) is 5.30. The van der Waals surface area contributed by atoms with E-state index in [-0.39, 0.29) is 19.1 Å². The monoisotopic (exact) mass is 265 g/mol. The van der Waals surface area contributed by atoms with Crippen LogP contribution in [0.5, 0.6) is 5.75 Å². The number of para-hydroxylation sites is 1. The van der Waals surface area contributed by atoms with Gasteiger partial charge in [0.15, 0.2) is 0 Å². The standard InChI is InChI=1S/C15H23NO3/c1-11-7-5-6-8-13(11)19-10-12(17)9-16-14(18)15(2,3)4/h5-8,12,17H,9-10H2,1-4H3,(H,16,18). The molecule has 1 aromatic carbocycles. The number of ether oxygens (including phenoxy) is 1. The van der Waals surface area contributed by atoms with Crippen LogP contribution >= 0.6 is 0 Å². The Balaban J connectivity index is 2.35. The molecule has 1 aromatic rings. The van der Waals surface area contributed by atoms with Crippen molar-refractivity contribution in [3.63, 3.8) is 0 Å². The highest BCUT2D eigenvalue weighted by atomic mass is 16.5. The Morgan fingerprint density at radius 2 is 2.00 bits per heavy atom. The molecule has 19 heavy (non-hydrogen) atoms. The molecule has 0 saturated heterocycles. The number of carbonyl (C=O) groups is 1. The van der Waals surface area contributed by atoms with Gasteiger partial charge in [-0.1, -0.05) is 39.0 Å². The van der Waals surface area contributed by atoms with E-state index in [1.165, 1.54) is 0 Å². The zero-order valence-electron chi connectivity index (χ0n) is 12.1. The molecule has 0 spiro atoms. The van der Waals surface area contributed by atoms with Crippen molar-refractivity contribution >= 4 is 5.91 Å². The Morgan fingerprint density at radius 1 is 1.37 bits per heavy atom. The molecule has 1 unspecified atom stereocenters. The van der Waals surface area contributed by atoms with Gasteiger partial charge in [-0.15, -0.1) is 0 Å². The van der Waals surface area contributed by atoms with E-state index in [0.29, 0.717) is 0 Å². The maximum Gasteiger partial charge on any atom is 0.225 e. The minimum absolute atomic E-state index is 0.0811. The topological polar surface area (TPSA) is 58.6 Å². The highest BCUT2D eigenvalue weighted by Gasteiger charge is 2.21. The molecule has 0 radical (unpaired) electrons. The number of nitrogens with one attached hydrogen (secondary N) is 1. The summed E-state index contributed by atoms with van der Waals surface area (Å²) in [6, 6.07) is 7.62. The minimum atomic E-state index is -0.717. The van der Waals surface area contributed by atoms with Crippen molar-refractivity contribution in [2.24, 2.45) is 5.41 Å². The first-order chi connectivity index (χ1) is 8.80. The summed E-state index contributed by atoms with van der Waals surface area (Å²) in [6.45, 7) is 7.80. The number of hydrogen-bond acceptors (Lipinski definition) is 3. The van der Waals surface area contributed by atoms with Gasteiger partial charge in [0.2, 0.25) is 5.91 Å². The highest BCUT2D eigenvalue weighted by Crippen LogP contribution is 2.16. The van der Waals surface area contributed by atoms with Gasteiger partial charge in [-0.05, 0) is 18.6 Å². The summed E-state index contributed by atoms with van der Waals surface area (Å²) in [4.78, 5) is 11.6. The Hall–Kier alpha value is -1.55. The first kappa shape index (κ1) is 15.5. The number of amides is 1. The summed E-state index contributed by atoms with van der Waals surface area (Å²) in [5.74, 6) is 0.672. The second kappa shape index (κ2) is 6.57. The molecule has 1 atom stereocenters. The SMILES string of the molecule is Cc1ccccc1OCC(O)CNC(=O)C(C)(C)C. The van der Waals surface area contributed by atoms with Gasteiger partial charge in [-0.2, -0.15) is 0 Å². The Kier molecular flexibility index (Phi) is 5.36. The highest BCUT2D eigenvalue weighted by molar-refractivity contribution is 5.81. The van der Waals surface area contributed by atoms with Crippen LogP contribution in [0.3, 0.4) is 0 Å². The van der Waals surface area contributed by atoms with E-state index >= 15 is 0 Å². The zero-order chi connectivity index (χ0) is 14.5. The minimum Gasteiger partial charge on any atom is -0.491 e. The van der Waals surface area contributed by atoms with Crippen molar-refractivity contribution in [2.75, 3.05) is 13.2 Å². The predicted molar refractivity (Wildman–Crippen MR) is 75.1 cm³/mol. The molecule has 0 heterocycles. The van der Waals surface area contributed by atoms with Crippen LogP contribution in [-0.2, 0) is 4.79 Å². The molecule has 0 aromatic heterocycles. The van der Waals surface area contributed by atoms with Crippen molar-refractivity contribution in [2.45, 2.75) is 33.8 Å². The lowest BCUT2D eigenvalue weighted by molar-refractivity contribution is -0.129. The maximum absolute atomic E-state index is 11.6. The molecule has 106 valence electrons. The molecule has 1 rings (SSSR count). The van der Waals surface area contributed by atoms with Gasteiger partial charge >= 0.3 is 0 Å². The summed E-state index contributed by atoms with van der Waals surface area (Å²) in [6.07, 6.45) is -0.717. The fraction of sp³-hybridized carbons (Fsp3) is 0.533. The van der Waals surface area contributed by atoms with Crippen LogP contribution < -0.4 is 10.1 Å². The Morgan fingerprint density at radius 3 is 2.58 bits per heavy atom. The zero-order valence-corrected chi connectivity index (χ0v) is 12.1. The molecule has 1 amide bonds. The van der Waals surface area contributed by atoms with Crippen LogP contribution in [0.1, 0.15) is 26.3 Å². The number of rotatable bonds is 5. The van der Waals surface area contributed by atoms with Crippen molar-refractivity contribution in [1.82, 2.24) is 5.32 Å². The van der Waals surface area contributed by atoms with Gasteiger partial charge in [-0.25, -0.2) is 0 Å². The normalized spacial score (nSPS) is 12.9. The van der Waals surface area contributed by atoms with Crippen molar-refractivity contribution in [1.29, 1.82) is 0 Å². The van der Waals surface area contributed by atoms with Gasteiger partial charge < -0.3 is 15.2 Å². The number of aliphatic hydroxyl groups is 1. The molecule has 4 heteroatoms. The van der Waals surface area contributed by atoms with Crippen LogP contribution in [0.2, 0.25) is 0 Å². The molecular formula is C15H23NO3. The van der Waals surface area contributed by atoms with Gasteiger partial charge in [0.05, 0.1) is 0 Å². The molecular weight excluding hydrogens is 242 g/mol. The maximum atomic E-state index is 11.6. The van der Waals surface area contributed by atoms with Gasteiger partial charge in [-0.3, -0.25) is 4.79 Å². The van der Waals surface area contributed by atoms with Crippen LogP contribution in [0.25, 0.3) is 0 Å². The molecule has 0 aliphatic heterocycles. The third-order valence-corrected chi connectivity index (χ3v) is 2.70. The molecule has 0 aliphatic rings. The van der Waals surface area contributed by atoms with Crippen LogP contribution in [-0.4, -0.2) is 30.3 Å². The predicted octanol–water partition coefficient (Wildman–Crippen LogP) is 1.90. The van der Waals surface area contributed by atoms with E-state index in [4.69, 9.17) is 4.74 Å². The summed E-state index contributed by atoms with van der Waals surface area (Å²) in [5, 5.41) is 12.5. The quantitative estimate of drug-likeness (QED) is 0.855. The average molecular weight is 265 g/mol. The molecule has 0 bridgehead atoms. The second-order valence-corrected chi connectivity index (χ2v) is 5.69. The number of carbonyl (C=O) groups excluding carboxylic acids is 1. The molecule has 0 saturated carbocycles. The van der Waals surface area contributed by atoms with E-state index in [2.05, 4.69) is 5.32 Å². The molecule has 0 fully saturated rings. The van der Waals surface area contributed by atoms with Crippen molar-refractivity contribution in [3.8, 4) is 5.75 Å². The van der Waals surface area contributed by atoms with Crippen molar-refractivity contribution in [3.05, 3.63) is 29.8 Å². The lowest BCUT2D eigenvalue weighted by Gasteiger charge is -2.20. The molecule has 4 nitrogen and oxygen atoms in total. The Labute approximate surface area is 114 Å². The van der Waals surface area contributed by atoms with Gasteiger partial charge in [0.1, 0.15) is 18.5 Å². The summed E-state index contributed by atoms with van der Waals surface area (Å²) in [5.41, 5.74) is 0.574. The van der Waals surface area contributed by atoms with Gasteiger partial charge in [0.25, 0.3) is 0 Å². The lowest BCUT2D eigenvalue weighted by atomic mass is 9.96. The summed E-state index contributed by atoms with van der Waals surface area (Å²) < 4.78 is 5.52. The smallest absolute Gasteiger partial charge is 0.225 e. The number of aryl methyl sites for hydroxylation is 1. The van der Waals surface area contributed by atoms with Gasteiger partial charge in [0, 0.05) is 12.0 Å². The summed E-state index contributed by atoms with van der Waals surface area (Å²) in [7, 11) is 0. The van der Waals surface area contributed by atoms with E-state index in [9.17, 15) is 9.90 Å². The number of benzene rings is 1. The Bertz CT molecular complexity index is 424. The summed E-state index contributed by atoms with van der Waals surface area (Å²) >= 11 is 0. The van der Waals surface area contributed by atoms with E-state index in [1.807, 2.05) is 52.0 Å². The third-order valence-electron chi connectivity index (χ3n) is 2.70. The van der Waals surface area contributed by atoms with E-state index in [1.54, 1.807) is 0 Å². The molecule has 0 aliphatic carbocycles. The largest absolute Gasteiger partial charge is 0.491 e. The fourth-order valence-electron chi connectivity index (χ4n) is 1.44.